The minimum atomic E-state index is -3.80. The second-order valence-corrected chi connectivity index (χ2v) is 9.58. The average molecular weight is 431 g/mol. The normalized spacial score (nSPS) is 18.3. The molecule has 3 rings (SSSR count). The number of methoxy groups -OCH3 is 1. The molecule has 7 heteroatoms. The minimum absolute atomic E-state index is 0.110. The summed E-state index contributed by atoms with van der Waals surface area (Å²) in [6.07, 6.45) is 3.62. The summed E-state index contributed by atoms with van der Waals surface area (Å²) in [7, 11) is -2.57. The molecule has 0 radical (unpaired) electrons. The zero-order valence-corrected chi connectivity index (χ0v) is 18.6. The molecule has 0 amide bonds. The number of carbonyl (C=O) groups excluding carboxylic acids is 1. The summed E-state index contributed by atoms with van der Waals surface area (Å²) in [5.41, 5.74) is 3.28. The first-order chi connectivity index (χ1) is 14.3. The first-order valence-corrected chi connectivity index (χ1v) is 11.8. The molecule has 0 unspecified atom stereocenters. The second-order valence-electron chi connectivity index (χ2n) is 7.86. The van der Waals surface area contributed by atoms with Gasteiger partial charge in [-0.15, -0.1) is 0 Å². The summed E-state index contributed by atoms with van der Waals surface area (Å²) >= 11 is 0. The van der Waals surface area contributed by atoms with Crippen molar-refractivity contribution in [3.05, 3.63) is 54.1 Å². The van der Waals surface area contributed by atoms with E-state index in [0.29, 0.717) is 6.04 Å². The van der Waals surface area contributed by atoms with Gasteiger partial charge in [-0.05, 0) is 68.5 Å². The lowest BCUT2D eigenvalue weighted by atomic mass is 10.0. The van der Waals surface area contributed by atoms with Crippen molar-refractivity contribution in [1.82, 2.24) is 9.62 Å². The summed E-state index contributed by atoms with van der Waals surface area (Å²) in [5, 5.41) is 0. The van der Waals surface area contributed by atoms with E-state index in [4.69, 9.17) is 0 Å². The van der Waals surface area contributed by atoms with Crippen LogP contribution in [0.4, 0.5) is 0 Å². The Morgan fingerprint density at radius 2 is 1.73 bits per heavy atom. The molecule has 6 nitrogen and oxygen atoms in total. The van der Waals surface area contributed by atoms with Gasteiger partial charge in [0, 0.05) is 12.6 Å². The number of carbonyl (C=O) groups is 1. The third-order valence-corrected chi connectivity index (χ3v) is 7.27. The van der Waals surface area contributed by atoms with E-state index in [0.717, 1.165) is 24.1 Å². The van der Waals surface area contributed by atoms with Crippen LogP contribution in [0.5, 0.6) is 0 Å². The summed E-state index contributed by atoms with van der Waals surface area (Å²) in [5.74, 6) is -0.630. The van der Waals surface area contributed by atoms with E-state index in [9.17, 15) is 13.2 Å². The molecule has 0 aliphatic carbocycles. The van der Waals surface area contributed by atoms with Gasteiger partial charge in [-0.2, -0.15) is 4.72 Å². The maximum absolute atomic E-state index is 12.4. The van der Waals surface area contributed by atoms with Gasteiger partial charge in [0.15, 0.2) is 0 Å². The fourth-order valence-corrected chi connectivity index (χ4v) is 5.01. The van der Waals surface area contributed by atoms with Crippen molar-refractivity contribution < 1.29 is 17.9 Å². The van der Waals surface area contributed by atoms with Crippen molar-refractivity contribution in [2.45, 2.75) is 50.1 Å². The van der Waals surface area contributed by atoms with Crippen LogP contribution in [0.25, 0.3) is 11.1 Å². The number of benzene rings is 2. The van der Waals surface area contributed by atoms with Crippen molar-refractivity contribution in [2.75, 3.05) is 20.2 Å². The number of likely N-dealkylation sites (tertiary alicyclic amines) is 1. The maximum Gasteiger partial charge on any atom is 0.323 e. The zero-order valence-electron chi connectivity index (χ0n) is 17.8. The van der Waals surface area contributed by atoms with Crippen molar-refractivity contribution in [2.24, 2.45) is 0 Å². The highest BCUT2D eigenvalue weighted by Crippen LogP contribution is 2.23. The Labute approximate surface area is 179 Å². The maximum atomic E-state index is 12.4. The van der Waals surface area contributed by atoms with Crippen LogP contribution in [-0.4, -0.2) is 51.6 Å². The summed E-state index contributed by atoms with van der Waals surface area (Å²) < 4.78 is 31.8. The van der Waals surface area contributed by atoms with Crippen LogP contribution in [0.2, 0.25) is 0 Å². The molecule has 30 heavy (non-hydrogen) atoms. The number of rotatable bonds is 8. The monoisotopic (exact) mass is 430 g/mol. The predicted molar refractivity (Wildman–Crippen MR) is 118 cm³/mol. The van der Waals surface area contributed by atoms with Crippen molar-refractivity contribution in [3.63, 3.8) is 0 Å². The van der Waals surface area contributed by atoms with Crippen LogP contribution < -0.4 is 4.72 Å². The van der Waals surface area contributed by atoms with Crippen molar-refractivity contribution in [1.29, 1.82) is 0 Å². The van der Waals surface area contributed by atoms with Gasteiger partial charge in [0.05, 0.1) is 12.0 Å². The number of sulfonamides is 1. The molecule has 0 spiro atoms. The number of hydrogen-bond acceptors (Lipinski definition) is 5. The lowest BCUT2D eigenvalue weighted by Crippen LogP contribution is -2.39. The molecule has 1 aliphatic rings. The van der Waals surface area contributed by atoms with Gasteiger partial charge in [0.2, 0.25) is 10.0 Å². The fourth-order valence-electron chi connectivity index (χ4n) is 3.81. The smallest absolute Gasteiger partial charge is 0.323 e. The Balaban J connectivity index is 1.63. The first-order valence-electron chi connectivity index (χ1n) is 10.3. The Morgan fingerprint density at radius 1 is 1.13 bits per heavy atom. The van der Waals surface area contributed by atoms with E-state index in [1.165, 1.54) is 39.0 Å². The Morgan fingerprint density at radius 3 is 2.27 bits per heavy atom. The molecule has 2 atom stereocenters. The average Bonchev–Trinajstić information content (AvgIpc) is 3.16. The van der Waals surface area contributed by atoms with Crippen LogP contribution in [0.15, 0.2) is 53.4 Å². The number of ether oxygens (including phenoxy) is 1. The van der Waals surface area contributed by atoms with Gasteiger partial charge in [-0.25, -0.2) is 8.42 Å². The van der Waals surface area contributed by atoms with E-state index < -0.39 is 22.0 Å². The van der Waals surface area contributed by atoms with Crippen LogP contribution in [0.1, 0.15) is 32.3 Å². The third kappa shape index (κ3) is 5.47. The molecular weight excluding hydrogens is 400 g/mol. The first kappa shape index (κ1) is 22.5. The highest BCUT2D eigenvalue weighted by Gasteiger charge is 2.22. The molecule has 1 heterocycles. The molecule has 0 aromatic heterocycles. The number of nitrogens with zero attached hydrogens (tertiary/aromatic N) is 1. The Kier molecular flexibility index (Phi) is 7.28. The van der Waals surface area contributed by atoms with Gasteiger partial charge in [-0.3, -0.25) is 4.79 Å². The highest BCUT2D eigenvalue weighted by molar-refractivity contribution is 7.89. The van der Waals surface area contributed by atoms with E-state index >= 15 is 0 Å². The molecule has 2 aromatic carbocycles. The minimum Gasteiger partial charge on any atom is -0.468 e. The van der Waals surface area contributed by atoms with Gasteiger partial charge in [-0.1, -0.05) is 36.4 Å². The second kappa shape index (κ2) is 9.73. The van der Waals surface area contributed by atoms with Gasteiger partial charge >= 0.3 is 5.97 Å². The molecular formula is C23H30N2O4S. The Hall–Kier alpha value is -2.22. The number of esters is 1. The summed E-state index contributed by atoms with van der Waals surface area (Å²) in [6, 6.07) is 14.8. The van der Waals surface area contributed by atoms with Crippen LogP contribution in [0, 0.1) is 0 Å². The molecule has 1 aliphatic heterocycles. The van der Waals surface area contributed by atoms with E-state index in [1.807, 2.05) is 0 Å². The summed E-state index contributed by atoms with van der Waals surface area (Å²) in [6.45, 7) is 6.03. The molecule has 2 aromatic rings. The molecule has 1 saturated heterocycles. The topological polar surface area (TPSA) is 75.7 Å². The molecule has 1 fully saturated rings. The van der Waals surface area contributed by atoms with Crippen molar-refractivity contribution >= 4 is 16.0 Å². The Bertz CT molecular complexity index is 956. The number of nitrogens with one attached hydrogen (secondary N) is 1. The fraction of sp³-hybridized carbons (Fsp3) is 0.435. The lowest BCUT2D eigenvalue weighted by molar-refractivity contribution is -0.142. The molecule has 0 saturated carbocycles. The van der Waals surface area contributed by atoms with E-state index in [1.54, 1.807) is 24.3 Å². The number of hydrogen-bond donors (Lipinski definition) is 1. The largest absolute Gasteiger partial charge is 0.468 e. The van der Waals surface area contributed by atoms with Crippen LogP contribution in [-0.2, 0) is 26.0 Å². The van der Waals surface area contributed by atoms with E-state index in [-0.39, 0.29) is 4.90 Å². The standard InChI is InChI=1S/C23H30N2O4S/c1-17-5-4-15-25(17)16-14-19-6-8-20(9-7-19)21-10-12-22(13-11-21)30(27,28)24-18(2)23(26)29-3/h6-13,17-18,24H,4-5,14-16H2,1-3H3/t17-,18+/m1/s1. The van der Waals surface area contributed by atoms with Gasteiger partial charge in [0.1, 0.15) is 6.04 Å². The molecule has 162 valence electrons. The highest BCUT2D eigenvalue weighted by atomic mass is 32.2. The van der Waals surface area contributed by atoms with Crippen molar-refractivity contribution in [3.8, 4) is 11.1 Å². The lowest BCUT2D eigenvalue weighted by Gasteiger charge is -2.20. The van der Waals surface area contributed by atoms with Crippen LogP contribution in [0.3, 0.4) is 0 Å². The zero-order chi connectivity index (χ0) is 21.7. The predicted octanol–water partition coefficient (Wildman–Crippen LogP) is 3.22. The quantitative estimate of drug-likeness (QED) is 0.651. The van der Waals surface area contributed by atoms with Crippen LogP contribution >= 0.6 is 0 Å². The molecule has 0 bridgehead atoms. The SMILES string of the molecule is COC(=O)[C@H](C)NS(=O)(=O)c1ccc(-c2ccc(CCN3CCC[C@H]3C)cc2)cc1. The van der Waals surface area contributed by atoms with Gasteiger partial charge in [0.25, 0.3) is 0 Å². The summed E-state index contributed by atoms with van der Waals surface area (Å²) in [4.78, 5) is 14.1. The van der Waals surface area contributed by atoms with Gasteiger partial charge < -0.3 is 9.64 Å². The third-order valence-electron chi connectivity index (χ3n) is 5.72. The molecule has 1 N–H and O–H groups in total. The van der Waals surface area contributed by atoms with E-state index in [2.05, 4.69) is 45.5 Å².